The number of hydrogen-bond acceptors (Lipinski definition) is 2. The van der Waals surface area contributed by atoms with E-state index < -0.39 is 0 Å². The smallest absolute Gasteiger partial charge is 0.136 e. The molecule has 53 heavy (non-hydrogen) atoms. The van der Waals surface area contributed by atoms with Crippen molar-refractivity contribution in [3.63, 3.8) is 0 Å². The van der Waals surface area contributed by atoms with Crippen LogP contribution in [0.5, 0.6) is 0 Å². The van der Waals surface area contributed by atoms with Crippen LogP contribution in [-0.4, -0.2) is 0 Å². The van der Waals surface area contributed by atoms with Crippen LogP contribution in [0.4, 0.5) is 17.1 Å². The maximum Gasteiger partial charge on any atom is 0.136 e. The van der Waals surface area contributed by atoms with E-state index >= 15 is 0 Å². The molecule has 1 aromatic heterocycles. The number of furan rings is 1. The summed E-state index contributed by atoms with van der Waals surface area (Å²) in [5.74, 6) is 0. The minimum atomic E-state index is -0.138. The third-order valence-corrected chi connectivity index (χ3v) is 11.1. The van der Waals surface area contributed by atoms with Crippen molar-refractivity contribution in [2.45, 2.75) is 19.3 Å². The lowest BCUT2D eigenvalue weighted by Crippen LogP contribution is -2.17. The predicted molar refractivity (Wildman–Crippen MR) is 222 cm³/mol. The SMILES string of the molecule is CC1(C)c2ccccc2-c2ccc(N(c3ccc(-c4ccccc4)cc3)c3cccc(-c4ccccc4)c3-c3cccc4oc5ccccc5c34)cc21. The minimum Gasteiger partial charge on any atom is -0.456 e. The summed E-state index contributed by atoms with van der Waals surface area (Å²) in [5.41, 5.74) is 17.3. The summed E-state index contributed by atoms with van der Waals surface area (Å²) in [4.78, 5) is 2.46. The van der Waals surface area contributed by atoms with Gasteiger partial charge in [-0.25, -0.2) is 0 Å². The quantitative estimate of drug-likeness (QED) is 0.174. The van der Waals surface area contributed by atoms with E-state index in [0.29, 0.717) is 0 Å². The van der Waals surface area contributed by atoms with Crippen molar-refractivity contribution in [3.8, 4) is 44.5 Å². The number of hydrogen-bond donors (Lipinski definition) is 0. The van der Waals surface area contributed by atoms with Crippen molar-refractivity contribution < 1.29 is 4.42 Å². The Kier molecular flexibility index (Phi) is 7.19. The number of fused-ring (bicyclic) bond motifs is 6. The Morgan fingerprint density at radius 2 is 1.00 bits per heavy atom. The van der Waals surface area contributed by atoms with E-state index in [9.17, 15) is 0 Å². The third kappa shape index (κ3) is 5.02. The molecule has 0 amide bonds. The number of para-hydroxylation sites is 1. The zero-order valence-corrected chi connectivity index (χ0v) is 29.8. The Bertz CT molecular complexity index is 2790. The molecule has 0 fully saturated rings. The zero-order valence-electron chi connectivity index (χ0n) is 29.8. The van der Waals surface area contributed by atoms with Gasteiger partial charge < -0.3 is 9.32 Å². The average molecular weight is 680 g/mol. The molecule has 2 heteroatoms. The molecule has 2 nitrogen and oxygen atoms in total. The molecule has 0 bridgehead atoms. The van der Waals surface area contributed by atoms with Crippen molar-refractivity contribution in [3.05, 3.63) is 199 Å². The van der Waals surface area contributed by atoms with Gasteiger partial charge in [0, 0.05) is 33.1 Å². The summed E-state index contributed by atoms with van der Waals surface area (Å²) in [5, 5.41) is 2.24. The highest BCUT2D eigenvalue weighted by atomic mass is 16.3. The molecule has 0 saturated carbocycles. The molecule has 1 aliphatic carbocycles. The number of anilines is 3. The van der Waals surface area contributed by atoms with E-state index in [1.54, 1.807) is 0 Å². The highest BCUT2D eigenvalue weighted by molar-refractivity contribution is 6.15. The maximum atomic E-state index is 6.48. The molecule has 0 aliphatic heterocycles. The number of rotatable bonds is 6. The van der Waals surface area contributed by atoms with E-state index in [4.69, 9.17) is 4.42 Å². The standard InChI is InChI=1S/C51H37NO/c1-51(2)44-23-11-9-19-40(44)41-32-31-38(33-45(41)51)52(37-29-27-35(28-30-37)34-15-5-3-6-16-34)46-24-13-21-39(36-17-7-4-8-18-36)49(46)43-22-14-26-48-50(43)42-20-10-12-25-47(42)53-48/h3-33H,1-2H3. The second-order valence-electron chi connectivity index (χ2n) is 14.5. The van der Waals surface area contributed by atoms with Crippen LogP contribution >= 0.6 is 0 Å². The molecule has 0 spiro atoms. The van der Waals surface area contributed by atoms with E-state index in [-0.39, 0.29) is 5.41 Å². The van der Waals surface area contributed by atoms with Gasteiger partial charge in [-0.05, 0) is 92.5 Å². The highest BCUT2D eigenvalue weighted by Gasteiger charge is 2.36. The van der Waals surface area contributed by atoms with Gasteiger partial charge in [0.25, 0.3) is 0 Å². The van der Waals surface area contributed by atoms with Gasteiger partial charge in [0.05, 0.1) is 5.69 Å². The van der Waals surface area contributed by atoms with Crippen molar-refractivity contribution in [1.29, 1.82) is 0 Å². The first-order valence-corrected chi connectivity index (χ1v) is 18.4. The minimum absolute atomic E-state index is 0.138. The molecular weight excluding hydrogens is 643 g/mol. The average Bonchev–Trinajstić information content (AvgIpc) is 3.71. The van der Waals surface area contributed by atoms with Gasteiger partial charge in [-0.1, -0.05) is 159 Å². The molecule has 0 unspecified atom stereocenters. The molecule has 0 radical (unpaired) electrons. The first-order chi connectivity index (χ1) is 26.1. The second-order valence-corrected chi connectivity index (χ2v) is 14.5. The van der Waals surface area contributed by atoms with Crippen LogP contribution in [0.3, 0.4) is 0 Å². The van der Waals surface area contributed by atoms with Crippen LogP contribution < -0.4 is 4.90 Å². The van der Waals surface area contributed by atoms with Crippen LogP contribution in [0.1, 0.15) is 25.0 Å². The highest BCUT2D eigenvalue weighted by Crippen LogP contribution is 2.53. The van der Waals surface area contributed by atoms with E-state index in [1.165, 1.54) is 44.5 Å². The monoisotopic (exact) mass is 679 g/mol. The first kappa shape index (κ1) is 31.1. The van der Waals surface area contributed by atoms with Crippen LogP contribution in [-0.2, 0) is 5.41 Å². The Morgan fingerprint density at radius 1 is 0.415 bits per heavy atom. The zero-order chi connectivity index (χ0) is 35.5. The van der Waals surface area contributed by atoms with Crippen LogP contribution in [0, 0.1) is 0 Å². The maximum absolute atomic E-state index is 6.48. The second kappa shape index (κ2) is 12.3. The fourth-order valence-corrected chi connectivity index (χ4v) is 8.54. The van der Waals surface area contributed by atoms with Crippen molar-refractivity contribution >= 4 is 39.0 Å². The topological polar surface area (TPSA) is 16.4 Å². The summed E-state index contributed by atoms with van der Waals surface area (Å²) < 4.78 is 6.48. The van der Waals surface area contributed by atoms with Gasteiger partial charge in [-0.2, -0.15) is 0 Å². The molecule has 10 rings (SSSR count). The molecule has 1 aliphatic rings. The molecule has 1 heterocycles. The molecule has 8 aromatic carbocycles. The van der Waals surface area contributed by atoms with Crippen molar-refractivity contribution in [1.82, 2.24) is 0 Å². The summed E-state index contributed by atoms with van der Waals surface area (Å²) in [7, 11) is 0. The van der Waals surface area contributed by atoms with Gasteiger partial charge in [0.1, 0.15) is 11.2 Å². The van der Waals surface area contributed by atoms with Gasteiger partial charge in [0.2, 0.25) is 0 Å². The first-order valence-electron chi connectivity index (χ1n) is 18.4. The molecule has 0 saturated heterocycles. The molecule has 0 N–H and O–H groups in total. The van der Waals surface area contributed by atoms with Crippen molar-refractivity contribution in [2.75, 3.05) is 4.90 Å². The lowest BCUT2D eigenvalue weighted by molar-refractivity contribution is 0.660. The Morgan fingerprint density at radius 3 is 1.81 bits per heavy atom. The Balaban J connectivity index is 1.27. The number of benzene rings is 8. The molecule has 9 aromatic rings. The Labute approximate surface area is 310 Å². The van der Waals surface area contributed by atoms with Gasteiger partial charge in [0.15, 0.2) is 0 Å². The summed E-state index contributed by atoms with van der Waals surface area (Å²) in [6.07, 6.45) is 0. The van der Waals surface area contributed by atoms with E-state index in [1.807, 2.05) is 6.07 Å². The lowest BCUT2D eigenvalue weighted by atomic mass is 9.82. The van der Waals surface area contributed by atoms with Crippen LogP contribution in [0.15, 0.2) is 192 Å². The molecule has 252 valence electrons. The lowest BCUT2D eigenvalue weighted by Gasteiger charge is -2.31. The van der Waals surface area contributed by atoms with Gasteiger partial charge >= 0.3 is 0 Å². The fourth-order valence-electron chi connectivity index (χ4n) is 8.54. The van der Waals surface area contributed by atoms with Crippen LogP contribution in [0.25, 0.3) is 66.4 Å². The van der Waals surface area contributed by atoms with Gasteiger partial charge in [-0.3, -0.25) is 0 Å². The molecular formula is C51H37NO. The van der Waals surface area contributed by atoms with Crippen molar-refractivity contribution in [2.24, 2.45) is 0 Å². The molecule has 0 atom stereocenters. The summed E-state index contributed by atoms with van der Waals surface area (Å²) in [6, 6.07) is 67.9. The number of nitrogens with zero attached hydrogens (tertiary/aromatic N) is 1. The van der Waals surface area contributed by atoms with E-state index in [2.05, 4.69) is 201 Å². The Hall–Kier alpha value is -6.64. The normalized spacial score (nSPS) is 12.9. The summed E-state index contributed by atoms with van der Waals surface area (Å²) >= 11 is 0. The largest absolute Gasteiger partial charge is 0.456 e. The van der Waals surface area contributed by atoms with E-state index in [0.717, 1.165) is 50.1 Å². The van der Waals surface area contributed by atoms with Gasteiger partial charge in [-0.15, -0.1) is 0 Å². The summed E-state index contributed by atoms with van der Waals surface area (Å²) in [6.45, 7) is 4.71. The third-order valence-electron chi connectivity index (χ3n) is 11.1. The fraction of sp³-hybridized carbons (Fsp3) is 0.0588. The predicted octanol–water partition coefficient (Wildman–Crippen LogP) is 14.4. The van der Waals surface area contributed by atoms with Crippen LogP contribution in [0.2, 0.25) is 0 Å².